The zero-order chi connectivity index (χ0) is 32.2. The average Bonchev–Trinajstić information content (AvgIpc) is 2.94. The van der Waals surface area contributed by atoms with E-state index in [1.54, 1.807) is 19.0 Å². The van der Waals surface area contributed by atoms with Gasteiger partial charge in [0.05, 0.1) is 35.4 Å². The second kappa shape index (κ2) is 9.96. The molecule has 0 saturated carbocycles. The Morgan fingerprint density at radius 2 is 1.80 bits per heavy atom. The van der Waals surface area contributed by atoms with Crippen molar-refractivity contribution in [2.24, 2.45) is 0 Å². The third kappa shape index (κ3) is 3.90. The number of hydrogen-bond donors (Lipinski definition) is 6. The van der Waals surface area contributed by atoms with Gasteiger partial charge in [-0.15, -0.1) is 0 Å². The zero-order valence-corrected chi connectivity index (χ0v) is 25.2. The van der Waals surface area contributed by atoms with E-state index in [4.69, 9.17) is 14.2 Å². The van der Waals surface area contributed by atoms with Crippen LogP contribution in [0.2, 0.25) is 0 Å². The van der Waals surface area contributed by atoms with E-state index >= 15 is 0 Å². The molecule has 13 heteroatoms. The van der Waals surface area contributed by atoms with Gasteiger partial charge < -0.3 is 50.0 Å². The van der Waals surface area contributed by atoms with E-state index in [9.17, 15) is 39.9 Å². The van der Waals surface area contributed by atoms with E-state index in [0.29, 0.717) is 6.54 Å². The Hall–Kier alpha value is -3.59. The molecule has 44 heavy (non-hydrogen) atoms. The molecule has 0 radical (unpaired) electrons. The third-order valence-corrected chi connectivity index (χ3v) is 9.59. The largest absolute Gasteiger partial charge is 0.507 e. The minimum atomic E-state index is -1.65. The van der Waals surface area contributed by atoms with Crippen LogP contribution in [0.4, 0.5) is 0 Å². The number of aromatic hydroxyl groups is 2. The molecule has 8 atom stereocenters. The summed E-state index contributed by atoms with van der Waals surface area (Å²) < 4.78 is 16.9. The Balaban J connectivity index is 1.60. The Labute approximate surface area is 253 Å². The molecule has 2 aliphatic carbocycles. The number of hydrogen-bond acceptors (Lipinski definition) is 13. The van der Waals surface area contributed by atoms with Crippen molar-refractivity contribution < 1.29 is 54.1 Å². The van der Waals surface area contributed by atoms with E-state index in [1.165, 1.54) is 26.0 Å². The number of ketones is 2. The fourth-order valence-corrected chi connectivity index (χ4v) is 7.53. The number of ether oxygens (including phenoxy) is 3. The number of carbonyl (C=O) groups excluding carboxylic acids is 3. The summed E-state index contributed by atoms with van der Waals surface area (Å²) in [6, 6.07) is 0.969. The smallest absolute Gasteiger partial charge is 0.316 e. The number of nitrogens with one attached hydrogen (secondary N) is 1. The van der Waals surface area contributed by atoms with E-state index < -0.39 is 82.3 Å². The van der Waals surface area contributed by atoms with Crippen molar-refractivity contribution in [1.29, 1.82) is 0 Å². The van der Waals surface area contributed by atoms with Crippen LogP contribution < -0.4 is 10.1 Å². The average molecular weight is 613 g/mol. The number of aliphatic hydroxyl groups excluding tert-OH is 2. The molecule has 0 spiro atoms. The minimum absolute atomic E-state index is 0.0101. The summed E-state index contributed by atoms with van der Waals surface area (Å²) in [5.74, 6) is -5.08. The molecule has 4 aliphatic rings. The van der Waals surface area contributed by atoms with Crippen molar-refractivity contribution in [2.75, 3.05) is 27.7 Å². The van der Waals surface area contributed by atoms with Crippen molar-refractivity contribution in [1.82, 2.24) is 10.2 Å². The van der Waals surface area contributed by atoms with Gasteiger partial charge in [-0.2, -0.15) is 0 Å². The maximum absolute atomic E-state index is 14.4. The van der Waals surface area contributed by atoms with Crippen molar-refractivity contribution in [3.8, 4) is 17.2 Å². The number of phenolic OH excluding ortho intramolecular Hbond substituents is 2. The quantitative estimate of drug-likeness (QED) is 0.224. The Bertz CT molecular complexity index is 1620. The summed E-state index contributed by atoms with van der Waals surface area (Å²) in [5.41, 5.74) is -4.22. The summed E-state index contributed by atoms with van der Waals surface area (Å²) in [4.78, 5) is 43.1. The first kappa shape index (κ1) is 30.4. The van der Waals surface area contributed by atoms with E-state index in [1.807, 2.05) is 6.92 Å². The van der Waals surface area contributed by atoms with Gasteiger partial charge >= 0.3 is 5.97 Å². The van der Waals surface area contributed by atoms with Gasteiger partial charge in [0.1, 0.15) is 41.0 Å². The number of carbonyl (C=O) groups is 3. The standard InChI is InChI=1S/C31H36N2O11/c1-7-32-14-10-30(2,41)20(28(40)42-6)11-8-12-17(23(36)16(11)14)24(37)18-15(34)9-13-26(19(18)22(12)35)43-29-25(38)21(33(4)5)27(39)31(13,3)44-29/h8-9,14,20-21,25,27,29,32,34,36,38-39,41H,7,10H2,1-6H3/t14-,20-,21-,25-,27+,29+,30-,31+/m0/s1. The van der Waals surface area contributed by atoms with Gasteiger partial charge in [-0.25, -0.2) is 0 Å². The number of nitrogens with zero attached hydrogens (tertiary/aromatic N) is 1. The topological polar surface area (TPSA) is 195 Å². The fourth-order valence-electron chi connectivity index (χ4n) is 7.53. The molecule has 1 fully saturated rings. The number of fused-ring (bicyclic) bond motifs is 8. The van der Waals surface area contributed by atoms with Gasteiger partial charge in [0.25, 0.3) is 0 Å². The van der Waals surface area contributed by atoms with Gasteiger partial charge in [-0.1, -0.05) is 6.92 Å². The fraction of sp³-hybridized carbons (Fsp3) is 0.516. The highest BCUT2D eigenvalue weighted by Crippen LogP contribution is 2.55. The maximum Gasteiger partial charge on any atom is 0.316 e. The second-order valence-electron chi connectivity index (χ2n) is 12.6. The normalized spacial score (nSPS) is 33.6. The highest BCUT2D eigenvalue weighted by atomic mass is 16.7. The second-order valence-corrected chi connectivity index (χ2v) is 12.6. The third-order valence-electron chi connectivity index (χ3n) is 9.59. The molecule has 13 nitrogen and oxygen atoms in total. The number of esters is 1. The molecule has 2 aromatic carbocycles. The molecular weight excluding hydrogens is 576 g/mol. The van der Waals surface area contributed by atoms with Crippen LogP contribution in [0.1, 0.15) is 87.7 Å². The van der Waals surface area contributed by atoms with Crippen molar-refractivity contribution >= 4 is 17.5 Å². The number of aliphatic hydroxyl groups is 3. The van der Waals surface area contributed by atoms with Crippen LogP contribution in [0.3, 0.4) is 0 Å². The summed E-state index contributed by atoms with van der Waals surface area (Å²) in [6.07, 6.45) is -4.04. The Morgan fingerprint density at radius 1 is 1.11 bits per heavy atom. The van der Waals surface area contributed by atoms with Crippen LogP contribution in [0.5, 0.6) is 17.2 Å². The minimum Gasteiger partial charge on any atom is -0.507 e. The highest BCUT2D eigenvalue weighted by molar-refractivity contribution is 6.31. The first-order valence-corrected chi connectivity index (χ1v) is 14.4. The van der Waals surface area contributed by atoms with Crippen LogP contribution >= 0.6 is 0 Å². The lowest BCUT2D eigenvalue weighted by Gasteiger charge is -2.53. The van der Waals surface area contributed by atoms with E-state index in [-0.39, 0.29) is 45.6 Å². The first-order valence-electron chi connectivity index (χ1n) is 14.4. The molecular formula is C31H36N2O11. The van der Waals surface area contributed by atoms with Crippen LogP contribution in [-0.4, -0.2) is 106 Å². The maximum atomic E-state index is 14.4. The molecule has 2 bridgehead atoms. The zero-order valence-electron chi connectivity index (χ0n) is 25.2. The van der Waals surface area contributed by atoms with Gasteiger partial charge in [-0.3, -0.25) is 14.4 Å². The monoisotopic (exact) mass is 612 g/mol. The van der Waals surface area contributed by atoms with Crippen LogP contribution in [0.25, 0.3) is 0 Å². The number of phenols is 2. The number of methoxy groups -OCH3 is 1. The molecule has 236 valence electrons. The molecule has 6 rings (SSSR count). The van der Waals surface area contributed by atoms with Crippen LogP contribution in [0, 0.1) is 0 Å². The lowest BCUT2D eigenvalue weighted by atomic mass is 9.67. The highest BCUT2D eigenvalue weighted by Gasteiger charge is 2.59. The summed E-state index contributed by atoms with van der Waals surface area (Å²) >= 11 is 0. The molecule has 0 unspecified atom stereocenters. The lowest BCUT2D eigenvalue weighted by Crippen LogP contribution is -2.68. The number of benzene rings is 2. The lowest BCUT2D eigenvalue weighted by molar-refractivity contribution is -0.311. The van der Waals surface area contributed by atoms with E-state index in [0.717, 1.165) is 7.11 Å². The molecule has 6 N–H and O–H groups in total. The first-order chi connectivity index (χ1) is 20.6. The Morgan fingerprint density at radius 3 is 2.41 bits per heavy atom. The predicted molar refractivity (Wildman–Crippen MR) is 152 cm³/mol. The molecule has 2 aliphatic heterocycles. The molecule has 2 heterocycles. The number of rotatable bonds is 4. The summed E-state index contributed by atoms with van der Waals surface area (Å²) in [7, 11) is 4.49. The van der Waals surface area contributed by atoms with Crippen LogP contribution in [0.15, 0.2) is 12.1 Å². The Kier molecular flexibility index (Phi) is 6.89. The van der Waals surface area contributed by atoms with Gasteiger partial charge in [0, 0.05) is 22.7 Å². The summed E-state index contributed by atoms with van der Waals surface area (Å²) in [5, 5.41) is 59.8. The number of likely N-dealkylation sites (N-methyl/N-ethyl adjacent to an activating group) is 1. The predicted octanol–water partition coefficient (Wildman–Crippen LogP) is 0.551. The van der Waals surface area contributed by atoms with Crippen molar-refractivity contribution in [2.45, 2.75) is 74.9 Å². The van der Waals surface area contributed by atoms with E-state index in [2.05, 4.69) is 5.32 Å². The van der Waals surface area contributed by atoms with Gasteiger partial charge in [0.15, 0.2) is 5.78 Å². The molecule has 0 aromatic heterocycles. The molecule has 1 saturated heterocycles. The summed E-state index contributed by atoms with van der Waals surface area (Å²) in [6.45, 7) is 5.24. The van der Waals surface area contributed by atoms with Crippen molar-refractivity contribution in [3.63, 3.8) is 0 Å². The van der Waals surface area contributed by atoms with Gasteiger partial charge in [0.2, 0.25) is 12.1 Å². The SMILES string of the molecule is CCN[C@H]1C[C@](C)(O)[C@H](C(=O)OC)c2cc3c(c(O)c21)C(=O)c1c(O)cc2c(c1C3=O)O[C@@H]1O[C@@]2(C)[C@H](O)[C@@H](N(C)C)[C@@H]1O. The van der Waals surface area contributed by atoms with Crippen LogP contribution in [-0.2, 0) is 19.9 Å². The van der Waals surface area contributed by atoms with Crippen molar-refractivity contribution in [3.05, 3.63) is 51.1 Å². The molecule has 2 aromatic rings. The van der Waals surface area contributed by atoms with Gasteiger partial charge in [-0.05, 0) is 58.6 Å². The molecule has 0 amide bonds.